The van der Waals surface area contributed by atoms with E-state index in [1.54, 1.807) is 16.9 Å². The van der Waals surface area contributed by atoms with Gasteiger partial charge in [0.25, 0.3) is 0 Å². The molecular formula is C20H27N3O2. The number of benzene rings is 1. The fourth-order valence-corrected chi connectivity index (χ4v) is 2.57. The molecule has 2 aromatic rings. The van der Waals surface area contributed by atoms with Crippen molar-refractivity contribution in [1.29, 1.82) is 0 Å². The highest BCUT2D eigenvalue weighted by Crippen LogP contribution is 2.15. The fourth-order valence-electron chi connectivity index (χ4n) is 2.57. The van der Waals surface area contributed by atoms with Gasteiger partial charge in [0.2, 0.25) is 11.8 Å². The summed E-state index contributed by atoms with van der Waals surface area (Å²) in [4.78, 5) is 15.2. The van der Waals surface area contributed by atoms with E-state index >= 15 is 0 Å². The normalized spacial score (nSPS) is 11.5. The number of aromatic nitrogens is 2. The highest BCUT2D eigenvalue weighted by Gasteiger charge is 2.06. The third-order valence-corrected chi connectivity index (χ3v) is 3.82. The predicted molar refractivity (Wildman–Crippen MR) is 98.7 cm³/mol. The van der Waals surface area contributed by atoms with E-state index in [1.807, 2.05) is 30.3 Å². The third kappa shape index (κ3) is 6.53. The second-order valence-corrected chi connectivity index (χ2v) is 6.05. The summed E-state index contributed by atoms with van der Waals surface area (Å²) in [6.45, 7) is 4.27. The summed E-state index contributed by atoms with van der Waals surface area (Å²) in [5, 5.41) is 4.90. The van der Waals surface area contributed by atoms with Crippen LogP contribution in [0.1, 0.15) is 52.4 Å². The molecule has 1 aromatic heterocycles. The van der Waals surface area contributed by atoms with Crippen molar-refractivity contribution in [2.24, 2.45) is 4.99 Å². The highest BCUT2D eigenvalue weighted by atomic mass is 16.5. The van der Waals surface area contributed by atoms with Gasteiger partial charge in [-0.2, -0.15) is 5.10 Å². The summed E-state index contributed by atoms with van der Waals surface area (Å²) in [6.07, 6.45) is 8.83. The van der Waals surface area contributed by atoms with Crippen LogP contribution >= 0.6 is 0 Å². The number of unbranched alkanes of at least 4 members (excludes halogenated alkanes) is 5. The zero-order chi connectivity index (χ0) is 17.9. The Morgan fingerprint density at radius 3 is 2.56 bits per heavy atom. The van der Waals surface area contributed by atoms with Crippen LogP contribution in [0.5, 0.6) is 5.88 Å². The first-order chi connectivity index (χ1) is 12.2. The van der Waals surface area contributed by atoms with E-state index in [9.17, 15) is 4.79 Å². The quantitative estimate of drug-likeness (QED) is 0.646. The lowest BCUT2D eigenvalue weighted by molar-refractivity contribution is -0.116. The summed E-state index contributed by atoms with van der Waals surface area (Å²) in [7, 11) is 0. The molecule has 1 amide bonds. The predicted octanol–water partition coefficient (Wildman–Crippen LogP) is 4.06. The maximum absolute atomic E-state index is 11.2. The minimum Gasteiger partial charge on any atom is -0.478 e. The minimum absolute atomic E-state index is 0.249. The summed E-state index contributed by atoms with van der Waals surface area (Å²) in [6, 6.07) is 11.6. The van der Waals surface area contributed by atoms with Gasteiger partial charge in [-0.05, 0) is 18.6 Å². The Kier molecular flexibility index (Phi) is 7.89. The monoisotopic (exact) mass is 341 g/mol. The maximum atomic E-state index is 11.2. The van der Waals surface area contributed by atoms with Crippen molar-refractivity contribution in [3.05, 3.63) is 48.0 Å². The van der Waals surface area contributed by atoms with Crippen LogP contribution in [-0.2, 0) is 4.79 Å². The second kappa shape index (κ2) is 10.4. The van der Waals surface area contributed by atoms with Crippen molar-refractivity contribution in [3.8, 4) is 11.6 Å². The average Bonchev–Trinajstić information content (AvgIpc) is 2.61. The number of nitrogens with zero attached hydrogens (tertiary/aromatic N) is 3. The maximum Gasteiger partial charge on any atom is 0.243 e. The van der Waals surface area contributed by atoms with E-state index in [2.05, 4.69) is 17.0 Å². The molecule has 2 rings (SSSR count). The van der Waals surface area contributed by atoms with Gasteiger partial charge in [-0.1, -0.05) is 57.2 Å². The van der Waals surface area contributed by atoms with E-state index in [-0.39, 0.29) is 5.91 Å². The molecule has 0 aliphatic heterocycles. The Hall–Kier alpha value is -2.43. The Labute approximate surface area is 149 Å². The molecule has 0 atom stereocenters. The first-order valence-electron chi connectivity index (χ1n) is 9.03. The van der Waals surface area contributed by atoms with Gasteiger partial charge in [0, 0.05) is 13.0 Å². The van der Waals surface area contributed by atoms with Gasteiger partial charge in [-0.15, -0.1) is 0 Å². The second-order valence-electron chi connectivity index (χ2n) is 6.05. The van der Waals surface area contributed by atoms with Gasteiger partial charge >= 0.3 is 0 Å². The van der Waals surface area contributed by atoms with Crippen LogP contribution in [0, 0.1) is 0 Å². The van der Waals surface area contributed by atoms with Crippen LogP contribution in [0.4, 0.5) is 0 Å². The molecule has 0 aliphatic carbocycles. The Morgan fingerprint density at radius 1 is 1.12 bits per heavy atom. The van der Waals surface area contributed by atoms with E-state index in [4.69, 9.17) is 4.74 Å². The van der Waals surface area contributed by atoms with Gasteiger partial charge in [-0.25, -0.2) is 9.67 Å². The van der Waals surface area contributed by atoms with Gasteiger partial charge in [-0.3, -0.25) is 4.79 Å². The Balaban J connectivity index is 2.08. The van der Waals surface area contributed by atoms with E-state index < -0.39 is 0 Å². The number of ether oxygens (including phenoxy) is 1. The topological polar surface area (TPSA) is 56.5 Å². The van der Waals surface area contributed by atoms with Gasteiger partial charge in [0.05, 0.1) is 23.8 Å². The van der Waals surface area contributed by atoms with Crippen molar-refractivity contribution in [1.82, 2.24) is 9.78 Å². The van der Waals surface area contributed by atoms with E-state index in [0.717, 1.165) is 18.5 Å². The number of hydrogen-bond donors (Lipinski definition) is 0. The molecule has 0 bridgehead atoms. The summed E-state index contributed by atoms with van der Waals surface area (Å²) < 4.78 is 7.68. The Bertz CT molecular complexity index is 723. The lowest BCUT2D eigenvalue weighted by Crippen LogP contribution is -2.15. The number of rotatable bonds is 9. The number of carbonyl (C=O) groups is 1. The Morgan fingerprint density at radius 2 is 1.84 bits per heavy atom. The first-order valence-corrected chi connectivity index (χ1v) is 9.03. The van der Waals surface area contributed by atoms with Gasteiger partial charge in [0.15, 0.2) is 0 Å². The summed E-state index contributed by atoms with van der Waals surface area (Å²) in [5.74, 6) is 0.350. The molecular weight excluding hydrogens is 314 g/mol. The van der Waals surface area contributed by atoms with Crippen LogP contribution in [0.2, 0.25) is 0 Å². The first kappa shape index (κ1) is 18.9. The molecule has 0 saturated carbocycles. The molecule has 0 unspecified atom stereocenters. The standard InChI is InChI=1S/C20H27N3O2/c1-3-4-5-6-7-11-14-25-20-15-18(22-17(2)24)16-21-23(20)19-12-9-8-10-13-19/h8-10,12-13,15-16H,3-7,11,14H2,1-2H3. The van der Waals surface area contributed by atoms with Crippen molar-refractivity contribution < 1.29 is 9.53 Å². The van der Waals surface area contributed by atoms with Crippen molar-refractivity contribution in [2.45, 2.75) is 52.4 Å². The zero-order valence-corrected chi connectivity index (χ0v) is 15.1. The van der Waals surface area contributed by atoms with E-state index in [1.165, 1.54) is 32.6 Å². The zero-order valence-electron chi connectivity index (χ0n) is 15.1. The number of amides is 1. The molecule has 1 heterocycles. The molecule has 0 N–H and O–H groups in total. The summed E-state index contributed by atoms with van der Waals surface area (Å²) >= 11 is 0. The molecule has 0 radical (unpaired) electrons. The number of para-hydroxylation sites is 1. The van der Waals surface area contributed by atoms with Crippen LogP contribution < -0.4 is 10.1 Å². The smallest absolute Gasteiger partial charge is 0.243 e. The fraction of sp³-hybridized carbons (Fsp3) is 0.450. The molecule has 5 heteroatoms. The van der Waals surface area contributed by atoms with E-state index in [0.29, 0.717) is 17.8 Å². The highest BCUT2D eigenvalue weighted by molar-refractivity contribution is 5.73. The lowest BCUT2D eigenvalue weighted by atomic mass is 10.1. The van der Waals surface area contributed by atoms with Crippen molar-refractivity contribution in [3.63, 3.8) is 0 Å². The lowest BCUT2D eigenvalue weighted by Gasteiger charge is -2.13. The molecule has 0 aliphatic rings. The molecule has 134 valence electrons. The third-order valence-electron chi connectivity index (χ3n) is 3.82. The number of carbonyl (C=O) groups excluding carboxylic acids is 1. The number of hydrogen-bond acceptors (Lipinski definition) is 3. The summed E-state index contributed by atoms with van der Waals surface area (Å²) in [5.41, 5.74) is 0.912. The van der Waals surface area contributed by atoms with Crippen LogP contribution in [0.3, 0.4) is 0 Å². The largest absolute Gasteiger partial charge is 0.478 e. The molecule has 0 saturated heterocycles. The van der Waals surface area contributed by atoms with Gasteiger partial charge < -0.3 is 4.74 Å². The van der Waals surface area contributed by atoms with Crippen LogP contribution in [-0.4, -0.2) is 22.3 Å². The SMILES string of the molecule is CCCCCCCCOc1cc(=NC(C)=O)cnn1-c1ccccc1. The van der Waals surface area contributed by atoms with Crippen LogP contribution in [0.25, 0.3) is 5.69 Å². The average molecular weight is 341 g/mol. The van der Waals surface area contributed by atoms with Crippen molar-refractivity contribution in [2.75, 3.05) is 6.61 Å². The molecule has 5 nitrogen and oxygen atoms in total. The molecule has 1 aromatic carbocycles. The van der Waals surface area contributed by atoms with Gasteiger partial charge in [0.1, 0.15) is 0 Å². The van der Waals surface area contributed by atoms with Crippen molar-refractivity contribution >= 4 is 5.91 Å². The van der Waals surface area contributed by atoms with Crippen LogP contribution in [0.15, 0.2) is 47.6 Å². The molecule has 0 fully saturated rings. The molecule has 25 heavy (non-hydrogen) atoms. The molecule has 0 spiro atoms. The minimum atomic E-state index is -0.249.